The standard InChI is InChI=1S/C12H18O3/c1-8(13)4-5-12-10(15-12)6-9(14)7-11(12,2)3/h4-5,9-10,14H,6-7H2,1-3H3/b5-4+/t9-,10+,12+/m0/s1. The fourth-order valence-electron chi connectivity index (χ4n) is 2.71. The molecule has 15 heavy (non-hydrogen) atoms. The van der Waals surface area contributed by atoms with Gasteiger partial charge in [0, 0.05) is 11.8 Å². The predicted octanol–water partition coefficient (Wildman–Crippen LogP) is 1.45. The van der Waals surface area contributed by atoms with Crippen molar-refractivity contribution < 1.29 is 14.6 Å². The summed E-state index contributed by atoms with van der Waals surface area (Å²) in [5, 5.41) is 9.66. The highest BCUT2D eigenvalue weighted by Gasteiger charge is 2.66. The molecule has 1 heterocycles. The molecule has 0 unspecified atom stereocenters. The summed E-state index contributed by atoms with van der Waals surface area (Å²) in [5.74, 6) is 0.0422. The van der Waals surface area contributed by atoms with E-state index < -0.39 is 0 Å². The minimum absolute atomic E-state index is 0.0422. The number of ketones is 1. The van der Waals surface area contributed by atoms with Gasteiger partial charge in [-0.3, -0.25) is 4.79 Å². The van der Waals surface area contributed by atoms with E-state index in [1.54, 1.807) is 6.08 Å². The third kappa shape index (κ3) is 1.64. The first-order valence-electron chi connectivity index (χ1n) is 5.43. The van der Waals surface area contributed by atoms with Crippen molar-refractivity contribution in [3.8, 4) is 0 Å². The van der Waals surface area contributed by atoms with Crippen LogP contribution in [0.3, 0.4) is 0 Å². The van der Waals surface area contributed by atoms with Gasteiger partial charge in [0.15, 0.2) is 5.78 Å². The Hall–Kier alpha value is -0.670. The summed E-state index contributed by atoms with van der Waals surface area (Å²) in [6.45, 7) is 5.70. The Bertz CT molecular complexity index is 319. The molecule has 1 saturated carbocycles. The van der Waals surface area contributed by atoms with Crippen LogP contribution in [0.1, 0.15) is 33.6 Å². The fourth-order valence-corrected chi connectivity index (χ4v) is 2.71. The molecule has 0 amide bonds. The number of hydrogen-bond donors (Lipinski definition) is 1. The van der Waals surface area contributed by atoms with Crippen molar-refractivity contribution in [3.63, 3.8) is 0 Å². The number of epoxide rings is 1. The van der Waals surface area contributed by atoms with Gasteiger partial charge in [-0.25, -0.2) is 0 Å². The van der Waals surface area contributed by atoms with Gasteiger partial charge < -0.3 is 9.84 Å². The zero-order valence-corrected chi connectivity index (χ0v) is 9.49. The Morgan fingerprint density at radius 3 is 2.73 bits per heavy atom. The van der Waals surface area contributed by atoms with Crippen molar-refractivity contribution >= 4 is 5.78 Å². The lowest BCUT2D eigenvalue weighted by Crippen LogP contribution is -2.41. The molecular weight excluding hydrogens is 192 g/mol. The van der Waals surface area contributed by atoms with Gasteiger partial charge in [0.1, 0.15) is 5.60 Å². The molecule has 1 aliphatic heterocycles. The molecule has 3 atom stereocenters. The van der Waals surface area contributed by atoms with Gasteiger partial charge in [-0.15, -0.1) is 0 Å². The van der Waals surface area contributed by atoms with Crippen LogP contribution in [-0.4, -0.2) is 28.7 Å². The van der Waals surface area contributed by atoms with Crippen molar-refractivity contribution in [2.24, 2.45) is 5.41 Å². The second-order valence-electron chi connectivity index (χ2n) is 5.32. The molecule has 3 heteroatoms. The summed E-state index contributed by atoms with van der Waals surface area (Å²) >= 11 is 0. The second-order valence-corrected chi connectivity index (χ2v) is 5.32. The van der Waals surface area contributed by atoms with E-state index in [0.29, 0.717) is 6.42 Å². The molecule has 2 fully saturated rings. The van der Waals surface area contributed by atoms with Gasteiger partial charge in [0.2, 0.25) is 0 Å². The minimum Gasteiger partial charge on any atom is -0.393 e. The molecule has 3 nitrogen and oxygen atoms in total. The van der Waals surface area contributed by atoms with Crippen molar-refractivity contribution in [1.29, 1.82) is 0 Å². The predicted molar refractivity (Wildman–Crippen MR) is 56.4 cm³/mol. The number of hydrogen-bond acceptors (Lipinski definition) is 3. The zero-order chi connectivity index (χ0) is 11.3. The maximum absolute atomic E-state index is 10.9. The molecule has 0 aromatic heterocycles. The van der Waals surface area contributed by atoms with Crippen molar-refractivity contribution in [2.45, 2.75) is 51.4 Å². The van der Waals surface area contributed by atoms with Gasteiger partial charge in [-0.05, 0) is 25.5 Å². The summed E-state index contributed by atoms with van der Waals surface area (Å²) in [7, 11) is 0. The molecule has 2 rings (SSSR count). The second kappa shape index (κ2) is 3.16. The van der Waals surface area contributed by atoms with E-state index in [-0.39, 0.29) is 29.0 Å². The van der Waals surface area contributed by atoms with Gasteiger partial charge in [0.25, 0.3) is 0 Å². The van der Waals surface area contributed by atoms with Gasteiger partial charge >= 0.3 is 0 Å². The van der Waals surface area contributed by atoms with Crippen LogP contribution in [0.2, 0.25) is 0 Å². The number of aliphatic hydroxyl groups is 1. The molecule has 2 aliphatic rings. The average molecular weight is 210 g/mol. The lowest BCUT2D eigenvalue weighted by atomic mass is 9.67. The molecule has 1 aliphatic carbocycles. The van der Waals surface area contributed by atoms with Gasteiger partial charge in [-0.1, -0.05) is 13.8 Å². The smallest absolute Gasteiger partial charge is 0.152 e. The summed E-state index contributed by atoms with van der Waals surface area (Å²) < 4.78 is 5.70. The van der Waals surface area contributed by atoms with E-state index in [2.05, 4.69) is 13.8 Å². The summed E-state index contributed by atoms with van der Waals surface area (Å²) in [6, 6.07) is 0. The number of carbonyl (C=O) groups excluding carboxylic acids is 1. The summed E-state index contributed by atoms with van der Waals surface area (Å²) in [5.41, 5.74) is -0.404. The monoisotopic (exact) mass is 210 g/mol. The molecule has 1 N–H and O–H groups in total. The number of aliphatic hydroxyl groups excluding tert-OH is 1. The summed E-state index contributed by atoms with van der Waals surface area (Å²) in [4.78, 5) is 10.9. The normalized spacial score (nSPS) is 42.7. The fraction of sp³-hybridized carbons (Fsp3) is 0.750. The Kier molecular flexibility index (Phi) is 2.28. The molecule has 0 bridgehead atoms. The number of carbonyl (C=O) groups is 1. The molecular formula is C12H18O3. The van der Waals surface area contributed by atoms with Gasteiger partial charge in [-0.2, -0.15) is 0 Å². The number of rotatable bonds is 2. The van der Waals surface area contributed by atoms with E-state index >= 15 is 0 Å². The van der Waals surface area contributed by atoms with Crippen LogP contribution in [0.25, 0.3) is 0 Å². The maximum Gasteiger partial charge on any atom is 0.152 e. The Balaban J connectivity index is 2.20. The van der Waals surface area contributed by atoms with E-state index in [1.165, 1.54) is 6.92 Å². The largest absolute Gasteiger partial charge is 0.393 e. The third-order valence-electron chi connectivity index (χ3n) is 3.61. The minimum atomic E-state index is -0.308. The topological polar surface area (TPSA) is 49.8 Å². The Labute approximate surface area is 90.1 Å². The maximum atomic E-state index is 10.9. The van der Waals surface area contributed by atoms with Gasteiger partial charge in [0.05, 0.1) is 12.2 Å². The van der Waals surface area contributed by atoms with E-state index in [4.69, 9.17) is 4.74 Å². The van der Waals surface area contributed by atoms with Crippen LogP contribution in [0.15, 0.2) is 12.2 Å². The zero-order valence-electron chi connectivity index (χ0n) is 9.49. The first kappa shape index (κ1) is 10.8. The van der Waals surface area contributed by atoms with E-state index in [0.717, 1.165) is 6.42 Å². The SMILES string of the molecule is CC(=O)/C=C/[C@@]12O[C@@H]1C[C@H](O)CC2(C)C. The highest BCUT2D eigenvalue weighted by Crippen LogP contribution is 2.58. The Morgan fingerprint density at radius 2 is 2.20 bits per heavy atom. The van der Waals surface area contributed by atoms with Crippen LogP contribution in [-0.2, 0) is 9.53 Å². The number of fused-ring (bicyclic) bond motifs is 1. The molecule has 1 saturated heterocycles. The van der Waals surface area contributed by atoms with E-state index in [1.807, 2.05) is 6.08 Å². The van der Waals surface area contributed by atoms with Crippen molar-refractivity contribution in [2.75, 3.05) is 0 Å². The van der Waals surface area contributed by atoms with Crippen LogP contribution >= 0.6 is 0 Å². The van der Waals surface area contributed by atoms with Crippen LogP contribution < -0.4 is 0 Å². The number of allylic oxidation sites excluding steroid dienone is 1. The molecule has 0 spiro atoms. The quantitative estimate of drug-likeness (QED) is 0.554. The van der Waals surface area contributed by atoms with Crippen LogP contribution in [0, 0.1) is 5.41 Å². The first-order chi connectivity index (χ1) is 6.87. The Morgan fingerprint density at radius 1 is 1.53 bits per heavy atom. The molecule has 0 aromatic rings. The molecule has 0 radical (unpaired) electrons. The average Bonchev–Trinajstić information content (AvgIpc) is 2.75. The number of ether oxygens (including phenoxy) is 1. The first-order valence-corrected chi connectivity index (χ1v) is 5.43. The third-order valence-corrected chi connectivity index (χ3v) is 3.61. The highest BCUT2D eigenvalue weighted by atomic mass is 16.6. The lowest BCUT2D eigenvalue weighted by Gasteiger charge is -2.36. The van der Waals surface area contributed by atoms with Crippen LogP contribution in [0.4, 0.5) is 0 Å². The molecule has 84 valence electrons. The van der Waals surface area contributed by atoms with Crippen molar-refractivity contribution in [1.82, 2.24) is 0 Å². The highest BCUT2D eigenvalue weighted by molar-refractivity contribution is 5.87. The summed E-state index contributed by atoms with van der Waals surface area (Å²) in [6.07, 6.45) is 4.70. The van der Waals surface area contributed by atoms with Crippen molar-refractivity contribution in [3.05, 3.63) is 12.2 Å². The van der Waals surface area contributed by atoms with Crippen LogP contribution in [0.5, 0.6) is 0 Å². The lowest BCUT2D eigenvalue weighted by molar-refractivity contribution is -0.112. The molecule has 0 aromatic carbocycles. The van der Waals surface area contributed by atoms with E-state index in [9.17, 15) is 9.90 Å².